The van der Waals surface area contributed by atoms with Crippen LogP contribution in [0.5, 0.6) is 0 Å². The molecule has 1 atom stereocenters. The lowest BCUT2D eigenvalue weighted by molar-refractivity contribution is 0.0924. The molecule has 6 heteroatoms. The van der Waals surface area contributed by atoms with Crippen molar-refractivity contribution in [2.45, 2.75) is 32.2 Å². The van der Waals surface area contributed by atoms with Crippen molar-refractivity contribution >= 4 is 29.1 Å². The summed E-state index contributed by atoms with van der Waals surface area (Å²) in [6, 6.07) is -0.00588. The molecule has 0 spiro atoms. The van der Waals surface area contributed by atoms with E-state index >= 15 is 0 Å². The number of carbonyl (C=O) groups is 1. The maximum absolute atomic E-state index is 12.2. The number of aliphatic hydroxyl groups excluding tert-OH is 1. The lowest BCUT2D eigenvalue weighted by Crippen LogP contribution is -2.37. The van der Waals surface area contributed by atoms with Crippen molar-refractivity contribution in [3.8, 4) is 0 Å². The molecule has 19 heavy (non-hydrogen) atoms. The lowest BCUT2D eigenvalue weighted by atomic mass is 10.1. The second-order valence-corrected chi connectivity index (χ2v) is 5.57. The van der Waals surface area contributed by atoms with E-state index in [-0.39, 0.29) is 29.1 Å². The monoisotopic (exact) mass is 302 g/mol. The highest BCUT2D eigenvalue weighted by molar-refractivity contribution is 6.44. The Hall–Kier alpha value is -0.840. The highest BCUT2D eigenvalue weighted by atomic mass is 35.5. The summed E-state index contributed by atoms with van der Waals surface area (Å²) in [6.45, 7) is 1.79. The number of nitrogens with zero attached hydrogens (tertiary/aromatic N) is 1. The molecule has 1 amide bonds. The largest absolute Gasteiger partial charge is 0.396 e. The predicted molar refractivity (Wildman–Crippen MR) is 74.7 cm³/mol. The van der Waals surface area contributed by atoms with Gasteiger partial charge in [-0.3, -0.25) is 9.78 Å². The minimum absolute atomic E-state index is 0.00588. The molecule has 0 aliphatic heterocycles. The van der Waals surface area contributed by atoms with Gasteiger partial charge in [0.2, 0.25) is 0 Å². The predicted octanol–water partition coefficient (Wildman–Crippen LogP) is 2.59. The van der Waals surface area contributed by atoms with Gasteiger partial charge in [0.05, 0.1) is 21.3 Å². The molecule has 0 bridgehead atoms. The zero-order chi connectivity index (χ0) is 14.0. The Kier molecular flexibility index (Phi) is 4.66. The van der Waals surface area contributed by atoms with Crippen LogP contribution in [0.3, 0.4) is 0 Å². The first kappa shape index (κ1) is 14.6. The van der Waals surface area contributed by atoms with E-state index < -0.39 is 0 Å². The van der Waals surface area contributed by atoms with Gasteiger partial charge in [-0.2, -0.15) is 0 Å². The summed E-state index contributed by atoms with van der Waals surface area (Å²) in [5.41, 5.74) is 0.873. The summed E-state index contributed by atoms with van der Waals surface area (Å²) < 4.78 is 0. The molecule has 0 aromatic carbocycles. The van der Waals surface area contributed by atoms with Crippen molar-refractivity contribution in [1.29, 1.82) is 0 Å². The van der Waals surface area contributed by atoms with Crippen molar-refractivity contribution in [3.05, 3.63) is 27.5 Å². The van der Waals surface area contributed by atoms with Gasteiger partial charge in [0.1, 0.15) is 0 Å². The van der Waals surface area contributed by atoms with Crippen LogP contribution in [0.1, 0.15) is 35.3 Å². The number of carbonyl (C=O) groups excluding carboxylic acids is 1. The van der Waals surface area contributed by atoms with Gasteiger partial charge in [0.25, 0.3) is 5.91 Å². The van der Waals surface area contributed by atoms with Crippen LogP contribution >= 0.6 is 23.2 Å². The number of hydrogen-bond donors (Lipinski definition) is 2. The van der Waals surface area contributed by atoms with Crippen LogP contribution in [0, 0.1) is 12.8 Å². The smallest absolute Gasteiger partial charge is 0.254 e. The summed E-state index contributed by atoms with van der Waals surface area (Å²) in [4.78, 5) is 16.2. The molecule has 1 heterocycles. The summed E-state index contributed by atoms with van der Waals surface area (Å²) in [5, 5.41) is 12.5. The summed E-state index contributed by atoms with van der Waals surface area (Å²) in [5.74, 6) is 0.175. The normalized spacial score (nSPS) is 16.2. The molecule has 1 aromatic heterocycles. The second-order valence-electron chi connectivity index (χ2n) is 4.81. The quantitative estimate of drug-likeness (QED) is 0.879. The van der Waals surface area contributed by atoms with E-state index in [1.165, 1.54) is 6.20 Å². The fourth-order valence-electron chi connectivity index (χ4n) is 2.02. The Bertz CT molecular complexity index is 490. The molecule has 1 aliphatic carbocycles. The highest BCUT2D eigenvalue weighted by Gasteiger charge is 2.32. The van der Waals surface area contributed by atoms with E-state index in [1.807, 2.05) is 0 Å². The zero-order valence-electron chi connectivity index (χ0n) is 10.6. The summed E-state index contributed by atoms with van der Waals surface area (Å²) in [6.07, 6.45) is 4.17. The average Bonchev–Trinajstić information content (AvgIpc) is 3.19. The molecule has 1 saturated carbocycles. The fraction of sp³-hybridized carbons (Fsp3) is 0.538. The van der Waals surface area contributed by atoms with Crippen LogP contribution in [-0.2, 0) is 0 Å². The Morgan fingerprint density at radius 3 is 2.79 bits per heavy atom. The number of pyridine rings is 1. The van der Waals surface area contributed by atoms with Gasteiger partial charge in [-0.25, -0.2) is 0 Å². The lowest BCUT2D eigenvalue weighted by Gasteiger charge is -2.17. The topological polar surface area (TPSA) is 62.2 Å². The van der Waals surface area contributed by atoms with E-state index in [0.717, 1.165) is 12.8 Å². The SMILES string of the molecule is Cc1ncc(C(=O)NC(CCO)C2CC2)c(Cl)c1Cl. The van der Waals surface area contributed by atoms with E-state index in [1.54, 1.807) is 6.92 Å². The maximum atomic E-state index is 12.2. The molecular weight excluding hydrogens is 287 g/mol. The third kappa shape index (κ3) is 3.38. The number of amides is 1. The van der Waals surface area contributed by atoms with E-state index in [0.29, 0.717) is 23.1 Å². The van der Waals surface area contributed by atoms with Gasteiger partial charge in [-0.1, -0.05) is 23.2 Å². The van der Waals surface area contributed by atoms with Crippen LogP contribution in [-0.4, -0.2) is 28.6 Å². The van der Waals surface area contributed by atoms with E-state index in [4.69, 9.17) is 28.3 Å². The van der Waals surface area contributed by atoms with Crippen LogP contribution in [0.4, 0.5) is 0 Å². The molecule has 2 N–H and O–H groups in total. The first-order chi connectivity index (χ1) is 9.04. The third-order valence-corrected chi connectivity index (χ3v) is 4.28. The van der Waals surface area contributed by atoms with Crippen LogP contribution in [0.15, 0.2) is 6.20 Å². The Balaban J connectivity index is 2.13. The first-order valence-corrected chi connectivity index (χ1v) is 7.02. The summed E-state index contributed by atoms with van der Waals surface area (Å²) in [7, 11) is 0. The molecule has 1 aliphatic rings. The molecule has 1 aromatic rings. The molecule has 1 fully saturated rings. The van der Waals surface area contributed by atoms with Gasteiger partial charge < -0.3 is 10.4 Å². The number of nitrogens with one attached hydrogen (secondary N) is 1. The Labute approximate surface area is 122 Å². The van der Waals surface area contributed by atoms with Gasteiger partial charge in [-0.15, -0.1) is 0 Å². The minimum Gasteiger partial charge on any atom is -0.396 e. The van der Waals surface area contributed by atoms with Crippen LogP contribution in [0.25, 0.3) is 0 Å². The molecule has 1 unspecified atom stereocenters. The molecule has 104 valence electrons. The Morgan fingerprint density at radius 2 is 2.21 bits per heavy atom. The average molecular weight is 303 g/mol. The standard InChI is InChI=1S/C13H16Cl2N2O2/c1-7-11(14)12(15)9(6-16-7)13(19)17-10(4-5-18)8-2-3-8/h6,8,10,18H,2-5H2,1H3,(H,17,19). The number of aryl methyl sites for hydroxylation is 1. The summed E-state index contributed by atoms with van der Waals surface area (Å²) >= 11 is 12.1. The van der Waals surface area contributed by atoms with E-state index in [9.17, 15) is 4.79 Å². The van der Waals surface area contributed by atoms with Crippen molar-refractivity contribution in [3.63, 3.8) is 0 Å². The van der Waals surface area contributed by atoms with Crippen molar-refractivity contribution in [2.75, 3.05) is 6.61 Å². The molecule has 2 rings (SSSR count). The van der Waals surface area contributed by atoms with Crippen molar-refractivity contribution in [2.24, 2.45) is 5.92 Å². The number of rotatable bonds is 5. The van der Waals surface area contributed by atoms with Gasteiger partial charge in [0.15, 0.2) is 0 Å². The number of hydrogen-bond acceptors (Lipinski definition) is 3. The molecular formula is C13H16Cl2N2O2. The fourth-order valence-corrected chi connectivity index (χ4v) is 2.44. The number of halogens is 2. The minimum atomic E-state index is -0.287. The van der Waals surface area contributed by atoms with Crippen molar-refractivity contribution in [1.82, 2.24) is 10.3 Å². The number of aromatic nitrogens is 1. The highest BCUT2D eigenvalue weighted by Crippen LogP contribution is 2.34. The maximum Gasteiger partial charge on any atom is 0.254 e. The molecule has 4 nitrogen and oxygen atoms in total. The first-order valence-electron chi connectivity index (χ1n) is 6.27. The number of aliphatic hydroxyl groups is 1. The van der Waals surface area contributed by atoms with E-state index in [2.05, 4.69) is 10.3 Å². The van der Waals surface area contributed by atoms with Crippen LogP contribution < -0.4 is 5.32 Å². The second kappa shape index (κ2) is 6.07. The van der Waals surface area contributed by atoms with Gasteiger partial charge in [-0.05, 0) is 32.1 Å². The van der Waals surface area contributed by atoms with Crippen molar-refractivity contribution < 1.29 is 9.90 Å². The molecule has 0 saturated heterocycles. The zero-order valence-corrected chi connectivity index (χ0v) is 12.1. The molecule has 0 radical (unpaired) electrons. The Morgan fingerprint density at radius 1 is 1.53 bits per heavy atom. The van der Waals surface area contributed by atoms with Gasteiger partial charge >= 0.3 is 0 Å². The third-order valence-electron chi connectivity index (χ3n) is 3.33. The van der Waals surface area contributed by atoms with Crippen LogP contribution in [0.2, 0.25) is 10.0 Å². The van der Waals surface area contributed by atoms with Gasteiger partial charge in [0, 0.05) is 18.8 Å².